The lowest BCUT2D eigenvalue weighted by Crippen LogP contribution is -2.35. The van der Waals surface area contributed by atoms with Gasteiger partial charge in [0.15, 0.2) is 0 Å². The summed E-state index contributed by atoms with van der Waals surface area (Å²) in [5.41, 5.74) is 10.2. The number of halogens is 1. The molecule has 0 unspecified atom stereocenters. The number of rotatable bonds is 4. The molecular weight excluding hydrogens is 377 g/mol. The maximum absolute atomic E-state index is 13.7. The summed E-state index contributed by atoms with van der Waals surface area (Å²) in [6.07, 6.45) is 2.99. The van der Waals surface area contributed by atoms with Crippen LogP contribution >= 0.6 is 0 Å². The normalized spacial score (nSPS) is 19.1. The highest BCUT2D eigenvalue weighted by Crippen LogP contribution is 2.32. The van der Waals surface area contributed by atoms with Crippen LogP contribution in [0.4, 0.5) is 10.2 Å². The maximum Gasteiger partial charge on any atom is 0.130 e. The van der Waals surface area contributed by atoms with Crippen LogP contribution in [-0.4, -0.2) is 26.8 Å². The number of fused-ring (bicyclic) bond motifs is 2. The smallest absolute Gasteiger partial charge is 0.130 e. The van der Waals surface area contributed by atoms with Crippen molar-refractivity contribution in [1.82, 2.24) is 14.8 Å². The van der Waals surface area contributed by atoms with Gasteiger partial charge < -0.3 is 10.6 Å². The molecule has 2 aromatic heterocycles. The SMILES string of the molecule is Cc1cc(N(Cc2nn(C)c3ccccc23)[C@H]2CC[C@H](N)C2)nc2ccc(F)cc12. The molecule has 1 saturated carbocycles. The predicted molar refractivity (Wildman–Crippen MR) is 119 cm³/mol. The molecule has 0 amide bonds. The van der Waals surface area contributed by atoms with E-state index >= 15 is 0 Å². The fourth-order valence-electron chi connectivity index (χ4n) is 4.73. The number of hydrogen-bond acceptors (Lipinski definition) is 4. The van der Waals surface area contributed by atoms with Crippen molar-refractivity contribution in [1.29, 1.82) is 0 Å². The molecule has 2 atom stereocenters. The topological polar surface area (TPSA) is 60.0 Å². The van der Waals surface area contributed by atoms with E-state index in [9.17, 15) is 4.39 Å². The molecule has 1 fully saturated rings. The van der Waals surface area contributed by atoms with E-state index in [4.69, 9.17) is 15.8 Å². The molecule has 0 radical (unpaired) electrons. The van der Waals surface area contributed by atoms with Gasteiger partial charge in [-0.3, -0.25) is 4.68 Å². The number of benzene rings is 2. The Morgan fingerprint density at radius 1 is 1.13 bits per heavy atom. The number of aromatic nitrogens is 3. The Bertz CT molecular complexity index is 1230. The summed E-state index contributed by atoms with van der Waals surface area (Å²) in [6.45, 7) is 2.68. The van der Waals surface area contributed by atoms with Gasteiger partial charge in [0.1, 0.15) is 11.6 Å². The molecular formula is C24H26FN5. The summed E-state index contributed by atoms with van der Waals surface area (Å²) < 4.78 is 15.7. The second kappa shape index (κ2) is 7.36. The zero-order valence-corrected chi connectivity index (χ0v) is 17.3. The van der Waals surface area contributed by atoms with Crippen molar-refractivity contribution in [3.8, 4) is 0 Å². The quantitative estimate of drug-likeness (QED) is 0.547. The lowest BCUT2D eigenvalue weighted by atomic mass is 10.1. The summed E-state index contributed by atoms with van der Waals surface area (Å²) >= 11 is 0. The largest absolute Gasteiger partial charge is 0.348 e. The van der Waals surface area contributed by atoms with Gasteiger partial charge in [-0.15, -0.1) is 0 Å². The monoisotopic (exact) mass is 403 g/mol. The number of hydrogen-bond donors (Lipinski definition) is 1. The summed E-state index contributed by atoms with van der Waals surface area (Å²) in [5.74, 6) is 0.666. The highest BCUT2D eigenvalue weighted by atomic mass is 19.1. The van der Waals surface area contributed by atoms with Crippen molar-refractivity contribution >= 4 is 27.6 Å². The number of aryl methyl sites for hydroxylation is 2. The first kappa shape index (κ1) is 19.0. The fourth-order valence-corrected chi connectivity index (χ4v) is 4.73. The Labute approximate surface area is 175 Å². The van der Waals surface area contributed by atoms with Gasteiger partial charge >= 0.3 is 0 Å². The van der Waals surface area contributed by atoms with Gasteiger partial charge in [-0.25, -0.2) is 9.37 Å². The van der Waals surface area contributed by atoms with Crippen LogP contribution < -0.4 is 10.6 Å². The molecule has 0 aliphatic heterocycles. The Morgan fingerprint density at radius 3 is 2.77 bits per heavy atom. The molecule has 154 valence electrons. The molecule has 2 N–H and O–H groups in total. The molecule has 0 bridgehead atoms. The van der Waals surface area contributed by atoms with Gasteiger partial charge in [-0.2, -0.15) is 5.10 Å². The number of anilines is 1. The highest BCUT2D eigenvalue weighted by molar-refractivity contribution is 5.85. The van der Waals surface area contributed by atoms with Gasteiger partial charge in [-0.05, 0) is 62.1 Å². The summed E-state index contributed by atoms with van der Waals surface area (Å²) in [6, 6.07) is 15.7. The first-order valence-electron chi connectivity index (χ1n) is 10.5. The zero-order valence-electron chi connectivity index (χ0n) is 17.3. The third-order valence-electron chi connectivity index (χ3n) is 6.30. The molecule has 2 aromatic carbocycles. The molecule has 5 rings (SSSR count). The predicted octanol–water partition coefficient (Wildman–Crippen LogP) is 4.46. The van der Waals surface area contributed by atoms with Crippen LogP contribution in [0.1, 0.15) is 30.5 Å². The Morgan fingerprint density at radius 2 is 1.97 bits per heavy atom. The number of para-hydroxylation sites is 1. The van der Waals surface area contributed by atoms with E-state index in [0.717, 1.165) is 58.1 Å². The minimum Gasteiger partial charge on any atom is -0.348 e. The van der Waals surface area contributed by atoms with Crippen molar-refractivity contribution in [2.24, 2.45) is 12.8 Å². The molecule has 1 aliphatic rings. The van der Waals surface area contributed by atoms with Gasteiger partial charge in [0.2, 0.25) is 0 Å². The molecule has 0 saturated heterocycles. The van der Waals surface area contributed by atoms with Gasteiger partial charge in [0.05, 0.1) is 23.3 Å². The molecule has 4 aromatic rings. The maximum atomic E-state index is 13.7. The van der Waals surface area contributed by atoms with Crippen LogP contribution in [-0.2, 0) is 13.6 Å². The van der Waals surface area contributed by atoms with Crippen LogP contribution in [0.15, 0.2) is 48.5 Å². The zero-order chi connectivity index (χ0) is 20.8. The average Bonchev–Trinajstić information content (AvgIpc) is 3.30. The van der Waals surface area contributed by atoms with E-state index in [1.54, 1.807) is 12.1 Å². The molecule has 1 aliphatic carbocycles. The number of pyridine rings is 1. The molecule has 0 spiro atoms. The second-order valence-corrected chi connectivity index (χ2v) is 8.40. The Hall–Kier alpha value is -2.99. The average molecular weight is 404 g/mol. The van der Waals surface area contributed by atoms with Crippen LogP contribution in [0.3, 0.4) is 0 Å². The van der Waals surface area contributed by atoms with Gasteiger partial charge in [-0.1, -0.05) is 18.2 Å². The number of nitrogens with zero attached hydrogens (tertiary/aromatic N) is 4. The number of nitrogens with two attached hydrogens (primary N) is 1. The van der Waals surface area contributed by atoms with E-state index in [-0.39, 0.29) is 11.9 Å². The molecule has 30 heavy (non-hydrogen) atoms. The van der Waals surface area contributed by atoms with E-state index in [1.807, 2.05) is 24.7 Å². The molecule has 2 heterocycles. The fraction of sp³-hybridized carbons (Fsp3) is 0.333. The lowest BCUT2D eigenvalue weighted by molar-refractivity contribution is 0.579. The van der Waals surface area contributed by atoms with Gasteiger partial charge in [0.25, 0.3) is 0 Å². The Balaban J connectivity index is 1.60. The summed E-state index contributed by atoms with van der Waals surface area (Å²) in [4.78, 5) is 7.26. The summed E-state index contributed by atoms with van der Waals surface area (Å²) in [5, 5.41) is 6.82. The van der Waals surface area contributed by atoms with Crippen LogP contribution in [0.25, 0.3) is 21.8 Å². The van der Waals surface area contributed by atoms with E-state index < -0.39 is 0 Å². The summed E-state index contributed by atoms with van der Waals surface area (Å²) in [7, 11) is 1.98. The highest BCUT2D eigenvalue weighted by Gasteiger charge is 2.29. The van der Waals surface area contributed by atoms with Crippen molar-refractivity contribution in [2.75, 3.05) is 4.90 Å². The Kier molecular flexibility index (Phi) is 4.66. The van der Waals surface area contributed by atoms with Crippen molar-refractivity contribution in [3.63, 3.8) is 0 Å². The minimum atomic E-state index is -0.237. The van der Waals surface area contributed by atoms with Crippen molar-refractivity contribution in [2.45, 2.75) is 44.8 Å². The van der Waals surface area contributed by atoms with Crippen LogP contribution in [0.2, 0.25) is 0 Å². The van der Waals surface area contributed by atoms with E-state index in [2.05, 4.69) is 29.2 Å². The van der Waals surface area contributed by atoms with Crippen molar-refractivity contribution < 1.29 is 4.39 Å². The van der Waals surface area contributed by atoms with Crippen molar-refractivity contribution in [3.05, 3.63) is 65.6 Å². The standard InChI is InChI=1S/C24H26FN5/c1-15-11-24(27-21-10-7-16(25)12-20(15)21)30(18-9-8-17(26)13-18)14-22-19-5-3-4-6-23(19)29(2)28-22/h3-7,10-12,17-18H,8-9,13-14,26H2,1-2H3/t17-,18-/m0/s1. The lowest BCUT2D eigenvalue weighted by Gasteiger charge is -2.30. The second-order valence-electron chi connectivity index (χ2n) is 8.40. The van der Waals surface area contributed by atoms with Crippen LogP contribution in [0, 0.1) is 12.7 Å². The molecule has 6 heteroatoms. The van der Waals surface area contributed by atoms with E-state index in [1.165, 1.54) is 6.07 Å². The third kappa shape index (κ3) is 3.31. The first-order valence-corrected chi connectivity index (χ1v) is 10.5. The third-order valence-corrected chi connectivity index (χ3v) is 6.30. The first-order chi connectivity index (χ1) is 14.5. The van der Waals surface area contributed by atoms with Crippen LogP contribution in [0.5, 0.6) is 0 Å². The molecule has 5 nitrogen and oxygen atoms in total. The van der Waals surface area contributed by atoms with Gasteiger partial charge in [0, 0.05) is 29.9 Å². The minimum absolute atomic E-state index is 0.216. The van der Waals surface area contributed by atoms with E-state index in [0.29, 0.717) is 12.6 Å².